The standard InChI is InChI=1S/C15H26N4/c1-3-8-16-14(9-11-10-19(2)18-17-11)15-12-6-4-5-7-13(12)15/h10,12-16H,3-9H2,1-2H3. The lowest BCUT2D eigenvalue weighted by molar-refractivity contribution is 0.424. The number of fused-ring (bicyclic) bond motifs is 1. The minimum absolute atomic E-state index is 0.616. The van der Waals surface area contributed by atoms with Gasteiger partial charge >= 0.3 is 0 Å². The Bertz CT molecular complexity index is 402. The van der Waals surface area contributed by atoms with Crippen LogP contribution in [-0.2, 0) is 13.5 Å². The summed E-state index contributed by atoms with van der Waals surface area (Å²) in [7, 11) is 1.95. The van der Waals surface area contributed by atoms with Gasteiger partial charge in [0.15, 0.2) is 0 Å². The fraction of sp³-hybridized carbons (Fsp3) is 0.867. The zero-order chi connectivity index (χ0) is 13.2. The summed E-state index contributed by atoms with van der Waals surface area (Å²) >= 11 is 0. The van der Waals surface area contributed by atoms with Crippen molar-refractivity contribution in [2.75, 3.05) is 6.54 Å². The highest BCUT2D eigenvalue weighted by molar-refractivity contribution is 5.08. The lowest BCUT2D eigenvalue weighted by Crippen LogP contribution is -2.35. The van der Waals surface area contributed by atoms with Crippen LogP contribution in [0.3, 0.4) is 0 Å². The predicted octanol–water partition coefficient (Wildman–Crippen LogP) is 2.16. The van der Waals surface area contributed by atoms with Gasteiger partial charge in [0.25, 0.3) is 0 Å². The summed E-state index contributed by atoms with van der Waals surface area (Å²) in [6.45, 7) is 3.37. The zero-order valence-electron chi connectivity index (χ0n) is 12.2. The molecule has 1 heterocycles. The third-order valence-corrected chi connectivity index (χ3v) is 4.92. The van der Waals surface area contributed by atoms with Gasteiger partial charge in [-0.15, -0.1) is 5.10 Å². The minimum Gasteiger partial charge on any atom is -0.313 e. The van der Waals surface area contributed by atoms with E-state index < -0.39 is 0 Å². The van der Waals surface area contributed by atoms with Gasteiger partial charge in [-0.2, -0.15) is 0 Å². The molecule has 0 amide bonds. The van der Waals surface area contributed by atoms with E-state index in [2.05, 4.69) is 28.7 Å². The topological polar surface area (TPSA) is 42.7 Å². The lowest BCUT2D eigenvalue weighted by atomic mass is 10.0. The van der Waals surface area contributed by atoms with Gasteiger partial charge in [0.1, 0.15) is 0 Å². The average molecular weight is 262 g/mol. The molecular formula is C15H26N4. The molecule has 3 unspecified atom stereocenters. The summed E-state index contributed by atoms with van der Waals surface area (Å²) in [5.74, 6) is 2.90. The van der Waals surface area contributed by atoms with E-state index in [0.29, 0.717) is 6.04 Å². The van der Waals surface area contributed by atoms with Crippen LogP contribution in [0.5, 0.6) is 0 Å². The van der Waals surface area contributed by atoms with Gasteiger partial charge < -0.3 is 5.32 Å². The van der Waals surface area contributed by atoms with E-state index in [9.17, 15) is 0 Å². The normalized spacial score (nSPS) is 30.9. The molecule has 2 aliphatic rings. The molecule has 19 heavy (non-hydrogen) atoms. The maximum absolute atomic E-state index is 4.26. The molecule has 1 aromatic heterocycles. The molecule has 0 aromatic carbocycles. The Morgan fingerprint density at radius 2 is 2.11 bits per heavy atom. The van der Waals surface area contributed by atoms with Gasteiger partial charge in [-0.3, -0.25) is 4.68 Å². The van der Waals surface area contributed by atoms with E-state index >= 15 is 0 Å². The lowest BCUT2D eigenvalue weighted by Gasteiger charge is -2.17. The van der Waals surface area contributed by atoms with Gasteiger partial charge in [-0.05, 0) is 43.6 Å². The minimum atomic E-state index is 0.616. The first kappa shape index (κ1) is 13.1. The molecule has 2 fully saturated rings. The molecule has 3 atom stereocenters. The summed E-state index contributed by atoms with van der Waals surface area (Å²) in [4.78, 5) is 0. The third kappa shape index (κ3) is 2.83. The molecule has 106 valence electrons. The second kappa shape index (κ2) is 5.61. The van der Waals surface area contributed by atoms with Crippen molar-refractivity contribution in [3.63, 3.8) is 0 Å². The smallest absolute Gasteiger partial charge is 0.0842 e. The van der Waals surface area contributed by atoms with Gasteiger partial charge in [-0.25, -0.2) is 0 Å². The van der Waals surface area contributed by atoms with Crippen LogP contribution in [0, 0.1) is 17.8 Å². The molecule has 0 bridgehead atoms. The van der Waals surface area contributed by atoms with Crippen LogP contribution < -0.4 is 5.32 Å². The van der Waals surface area contributed by atoms with E-state index in [1.54, 1.807) is 0 Å². The number of nitrogens with zero attached hydrogens (tertiary/aromatic N) is 3. The van der Waals surface area contributed by atoms with E-state index in [1.165, 1.54) is 32.1 Å². The van der Waals surface area contributed by atoms with Crippen molar-refractivity contribution in [1.29, 1.82) is 0 Å². The molecule has 3 rings (SSSR count). The highest BCUT2D eigenvalue weighted by Crippen LogP contribution is 2.57. The summed E-state index contributed by atoms with van der Waals surface area (Å²) in [6.07, 6.45) is 10.1. The SMILES string of the molecule is CCCNC(Cc1cn(C)nn1)C1C2CCCCC21. The fourth-order valence-corrected chi connectivity index (χ4v) is 4.03. The van der Waals surface area contributed by atoms with Crippen molar-refractivity contribution in [1.82, 2.24) is 20.3 Å². The molecular weight excluding hydrogens is 236 g/mol. The summed E-state index contributed by atoms with van der Waals surface area (Å²) in [6, 6.07) is 0.616. The van der Waals surface area contributed by atoms with Gasteiger partial charge in [0.2, 0.25) is 0 Å². The third-order valence-electron chi connectivity index (χ3n) is 4.92. The van der Waals surface area contributed by atoms with Gasteiger partial charge in [0, 0.05) is 25.7 Å². The monoisotopic (exact) mass is 262 g/mol. The van der Waals surface area contributed by atoms with Crippen LogP contribution in [0.2, 0.25) is 0 Å². The Kier molecular flexibility index (Phi) is 3.87. The van der Waals surface area contributed by atoms with Crippen LogP contribution in [0.15, 0.2) is 6.20 Å². The Hall–Kier alpha value is -0.900. The van der Waals surface area contributed by atoms with Crippen molar-refractivity contribution in [3.05, 3.63) is 11.9 Å². The number of hydrogen-bond acceptors (Lipinski definition) is 3. The molecule has 0 saturated heterocycles. The Balaban J connectivity index is 1.64. The van der Waals surface area contributed by atoms with Crippen LogP contribution >= 0.6 is 0 Å². The van der Waals surface area contributed by atoms with Crippen LogP contribution in [0.1, 0.15) is 44.7 Å². The largest absolute Gasteiger partial charge is 0.313 e. The summed E-state index contributed by atoms with van der Waals surface area (Å²) < 4.78 is 1.81. The van der Waals surface area contributed by atoms with Crippen molar-refractivity contribution < 1.29 is 0 Å². The first-order valence-electron chi connectivity index (χ1n) is 7.88. The van der Waals surface area contributed by atoms with Crippen molar-refractivity contribution in [2.45, 2.75) is 51.5 Å². The quantitative estimate of drug-likeness (QED) is 0.854. The summed E-state index contributed by atoms with van der Waals surface area (Å²) in [5, 5.41) is 12.1. The average Bonchev–Trinajstić information content (AvgIpc) is 3.01. The van der Waals surface area contributed by atoms with Gasteiger partial charge in [-0.1, -0.05) is 25.0 Å². The zero-order valence-corrected chi connectivity index (χ0v) is 12.2. The molecule has 0 spiro atoms. The first-order valence-corrected chi connectivity index (χ1v) is 7.88. The molecule has 4 nitrogen and oxygen atoms in total. The molecule has 0 radical (unpaired) electrons. The van der Waals surface area contributed by atoms with E-state index in [1.807, 2.05) is 11.7 Å². The molecule has 1 aromatic rings. The number of nitrogens with one attached hydrogen (secondary N) is 1. The number of hydrogen-bond donors (Lipinski definition) is 1. The molecule has 2 saturated carbocycles. The Morgan fingerprint density at radius 1 is 1.37 bits per heavy atom. The van der Waals surface area contributed by atoms with E-state index in [-0.39, 0.29) is 0 Å². The fourth-order valence-electron chi connectivity index (χ4n) is 4.03. The van der Waals surface area contributed by atoms with Crippen molar-refractivity contribution in [3.8, 4) is 0 Å². The number of aromatic nitrogens is 3. The number of rotatable bonds is 6. The second-order valence-electron chi connectivity index (χ2n) is 6.34. The highest BCUT2D eigenvalue weighted by Gasteiger charge is 2.53. The second-order valence-corrected chi connectivity index (χ2v) is 6.34. The van der Waals surface area contributed by atoms with E-state index in [4.69, 9.17) is 0 Å². The maximum Gasteiger partial charge on any atom is 0.0842 e. The highest BCUT2D eigenvalue weighted by atomic mass is 15.4. The van der Waals surface area contributed by atoms with Gasteiger partial charge in [0.05, 0.1) is 5.69 Å². The first-order chi connectivity index (χ1) is 9.29. The van der Waals surface area contributed by atoms with Crippen LogP contribution in [-0.4, -0.2) is 27.6 Å². The van der Waals surface area contributed by atoms with E-state index in [0.717, 1.165) is 36.4 Å². The van der Waals surface area contributed by atoms with Crippen molar-refractivity contribution in [2.24, 2.45) is 24.8 Å². The number of aryl methyl sites for hydroxylation is 1. The van der Waals surface area contributed by atoms with Crippen molar-refractivity contribution >= 4 is 0 Å². The maximum atomic E-state index is 4.26. The predicted molar refractivity (Wildman–Crippen MR) is 75.7 cm³/mol. The molecule has 2 aliphatic carbocycles. The molecule has 1 N–H and O–H groups in total. The van der Waals surface area contributed by atoms with Crippen LogP contribution in [0.4, 0.5) is 0 Å². The Labute approximate surface area is 116 Å². The summed E-state index contributed by atoms with van der Waals surface area (Å²) in [5.41, 5.74) is 1.14. The Morgan fingerprint density at radius 3 is 2.68 bits per heavy atom. The van der Waals surface area contributed by atoms with Crippen LogP contribution in [0.25, 0.3) is 0 Å². The molecule has 0 aliphatic heterocycles. The molecule has 4 heteroatoms.